The number of para-hydroxylation sites is 1. The minimum atomic E-state index is -0.291. The second-order valence-corrected chi connectivity index (χ2v) is 6.05. The number of anilines is 1. The molecule has 0 atom stereocenters. The van der Waals surface area contributed by atoms with Gasteiger partial charge in [0.25, 0.3) is 5.56 Å². The van der Waals surface area contributed by atoms with E-state index in [0.717, 1.165) is 0 Å². The zero-order valence-electron chi connectivity index (χ0n) is 14.1. The molecule has 3 rings (SSSR count). The van der Waals surface area contributed by atoms with Crippen molar-refractivity contribution < 1.29 is 0 Å². The van der Waals surface area contributed by atoms with Gasteiger partial charge in [-0.3, -0.25) is 10.2 Å². The third-order valence-electron chi connectivity index (χ3n) is 3.96. The normalized spacial score (nSPS) is 11.3. The third-order valence-corrected chi connectivity index (χ3v) is 4.19. The van der Waals surface area contributed by atoms with Crippen LogP contribution in [-0.4, -0.2) is 10.3 Å². The molecule has 0 aliphatic carbocycles. The lowest BCUT2D eigenvalue weighted by molar-refractivity contribution is 0.902. The van der Waals surface area contributed by atoms with Crippen LogP contribution in [-0.2, 0) is 7.05 Å². The molecule has 26 heavy (non-hydrogen) atoms. The summed E-state index contributed by atoms with van der Waals surface area (Å²) in [5.74, 6) is 0. The largest absolute Gasteiger partial charge is 0.311 e. The second-order valence-electron chi connectivity index (χ2n) is 5.61. The van der Waals surface area contributed by atoms with E-state index < -0.39 is 0 Å². The van der Waals surface area contributed by atoms with E-state index in [1.807, 2.05) is 12.1 Å². The molecule has 0 bridgehead atoms. The number of aryl methyl sites for hydroxylation is 1. The number of aromatic nitrogens is 1. The Morgan fingerprint density at radius 3 is 2.73 bits per heavy atom. The molecule has 0 aliphatic heterocycles. The standard InChI is InChI=1S/C18H15ClN6O/c1-11(21-22-13-7-5-6-12(19)10-13)16-17(23-24-20)14-8-3-4-9-15(14)25(2)18(16)26/h3-10,22H,1-2H3/b21-11+. The van der Waals surface area contributed by atoms with Gasteiger partial charge in [-0.1, -0.05) is 41.0 Å². The van der Waals surface area contributed by atoms with Crippen LogP contribution in [0.25, 0.3) is 21.3 Å². The maximum atomic E-state index is 12.8. The average molecular weight is 367 g/mol. The molecular formula is C18H15ClN6O. The van der Waals surface area contributed by atoms with Crippen molar-refractivity contribution in [3.05, 3.63) is 79.9 Å². The Bertz CT molecular complexity index is 1130. The lowest BCUT2D eigenvalue weighted by Crippen LogP contribution is -2.24. The van der Waals surface area contributed by atoms with E-state index in [-0.39, 0.29) is 16.8 Å². The summed E-state index contributed by atoms with van der Waals surface area (Å²) in [5.41, 5.74) is 13.8. The number of nitrogens with one attached hydrogen (secondary N) is 1. The summed E-state index contributed by atoms with van der Waals surface area (Å²) in [6, 6.07) is 14.3. The molecule has 0 unspecified atom stereocenters. The Hall–Kier alpha value is -3.28. The van der Waals surface area contributed by atoms with E-state index in [2.05, 4.69) is 20.6 Å². The maximum Gasteiger partial charge on any atom is 0.260 e. The Balaban J connectivity index is 2.18. The van der Waals surface area contributed by atoms with Crippen LogP contribution in [0.5, 0.6) is 0 Å². The molecular weight excluding hydrogens is 352 g/mol. The van der Waals surface area contributed by atoms with Gasteiger partial charge in [0, 0.05) is 22.4 Å². The number of hydrazone groups is 1. The third kappa shape index (κ3) is 3.26. The number of azide groups is 1. The van der Waals surface area contributed by atoms with Gasteiger partial charge in [0.05, 0.1) is 28.2 Å². The fraction of sp³-hybridized carbons (Fsp3) is 0.111. The van der Waals surface area contributed by atoms with Gasteiger partial charge in [0.15, 0.2) is 0 Å². The molecule has 0 radical (unpaired) electrons. The Labute approximate surface area is 154 Å². The predicted molar refractivity (Wildman–Crippen MR) is 105 cm³/mol. The minimum absolute atomic E-state index is 0.249. The summed E-state index contributed by atoms with van der Waals surface area (Å²) in [5, 5.41) is 9.28. The molecule has 0 saturated carbocycles. The van der Waals surface area contributed by atoms with Crippen LogP contribution >= 0.6 is 11.6 Å². The highest BCUT2D eigenvalue weighted by molar-refractivity contribution is 6.30. The van der Waals surface area contributed by atoms with Crippen molar-refractivity contribution in [3.63, 3.8) is 0 Å². The van der Waals surface area contributed by atoms with Crippen molar-refractivity contribution in [2.24, 2.45) is 17.3 Å². The first-order valence-electron chi connectivity index (χ1n) is 7.76. The van der Waals surface area contributed by atoms with Crippen LogP contribution in [0, 0.1) is 0 Å². The summed E-state index contributed by atoms with van der Waals surface area (Å²) in [4.78, 5) is 15.7. The van der Waals surface area contributed by atoms with E-state index in [1.54, 1.807) is 50.4 Å². The number of fused-ring (bicyclic) bond motifs is 1. The van der Waals surface area contributed by atoms with Gasteiger partial charge in [-0.05, 0) is 36.7 Å². The first kappa shape index (κ1) is 17.5. The lowest BCUT2D eigenvalue weighted by atomic mass is 10.1. The van der Waals surface area contributed by atoms with E-state index in [1.165, 1.54) is 4.57 Å². The van der Waals surface area contributed by atoms with Gasteiger partial charge in [-0.25, -0.2) is 0 Å². The molecule has 8 heteroatoms. The molecule has 0 fully saturated rings. The summed E-state index contributed by atoms with van der Waals surface area (Å²) in [7, 11) is 1.67. The summed E-state index contributed by atoms with van der Waals surface area (Å²) < 4.78 is 1.51. The molecule has 1 heterocycles. The molecule has 2 aromatic carbocycles. The average Bonchev–Trinajstić information content (AvgIpc) is 2.64. The molecule has 0 amide bonds. The fourth-order valence-corrected chi connectivity index (χ4v) is 2.91. The number of halogens is 1. The van der Waals surface area contributed by atoms with Crippen LogP contribution in [0.1, 0.15) is 12.5 Å². The Kier molecular flexibility index (Phi) is 4.93. The number of hydrogen-bond acceptors (Lipinski definition) is 4. The SMILES string of the molecule is C/C(=N\Nc1cccc(Cl)c1)c1c(N=[N+]=[N-])c2ccccc2n(C)c1=O. The van der Waals surface area contributed by atoms with Crippen LogP contribution < -0.4 is 11.0 Å². The van der Waals surface area contributed by atoms with E-state index in [9.17, 15) is 4.79 Å². The molecule has 1 aromatic heterocycles. The molecule has 1 N–H and O–H groups in total. The summed E-state index contributed by atoms with van der Waals surface area (Å²) >= 11 is 5.96. The second kappa shape index (κ2) is 7.31. The molecule has 0 aliphatic rings. The monoisotopic (exact) mass is 366 g/mol. The van der Waals surface area contributed by atoms with Gasteiger partial charge in [0.2, 0.25) is 0 Å². The number of hydrogen-bond donors (Lipinski definition) is 1. The van der Waals surface area contributed by atoms with Gasteiger partial charge in [-0.15, -0.1) is 0 Å². The minimum Gasteiger partial charge on any atom is -0.311 e. The molecule has 130 valence electrons. The van der Waals surface area contributed by atoms with Crippen molar-refractivity contribution in [2.45, 2.75) is 6.92 Å². The van der Waals surface area contributed by atoms with E-state index >= 15 is 0 Å². The van der Waals surface area contributed by atoms with Crippen molar-refractivity contribution in [1.29, 1.82) is 0 Å². The van der Waals surface area contributed by atoms with Crippen LogP contribution in [0.4, 0.5) is 11.4 Å². The maximum absolute atomic E-state index is 12.8. The zero-order valence-corrected chi connectivity index (χ0v) is 14.9. The Morgan fingerprint density at radius 1 is 1.23 bits per heavy atom. The molecule has 0 saturated heterocycles. The summed E-state index contributed by atoms with van der Waals surface area (Å²) in [6.07, 6.45) is 0. The number of rotatable bonds is 4. The van der Waals surface area contributed by atoms with E-state index in [0.29, 0.717) is 27.3 Å². The zero-order chi connectivity index (χ0) is 18.7. The fourth-order valence-electron chi connectivity index (χ4n) is 2.72. The number of benzene rings is 2. The molecule has 7 nitrogen and oxygen atoms in total. The van der Waals surface area contributed by atoms with Crippen molar-refractivity contribution in [3.8, 4) is 0 Å². The van der Waals surface area contributed by atoms with E-state index in [4.69, 9.17) is 17.1 Å². The van der Waals surface area contributed by atoms with Gasteiger partial charge >= 0.3 is 0 Å². The van der Waals surface area contributed by atoms with Gasteiger partial charge < -0.3 is 4.57 Å². The highest BCUT2D eigenvalue weighted by Crippen LogP contribution is 2.28. The highest BCUT2D eigenvalue weighted by Gasteiger charge is 2.16. The van der Waals surface area contributed by atoms with Crippen LogP contribution in [0.3, 0.4) is 0 Å². The lowest BCUT2D eigenvalue weighted by Gasteiger charge is -2.12. The van der Waals surface area contributed by atoms with Crippen molar-refractivity contribution in [1.82, 2.24) is 4.57 Å². The Morgan fingerprint density at radius 2 is 2.00 bits per heavy atom. The van der Waals surface area contributed by atoms with Crippen molar-refractivity contribution in [2.75, 3.05) is 5.43 Å². The topological polar surface area (TPSA) is 95.2 Å². The first-order valence-corrected chi connectivity index (χ1v) is 8.14. The first-order chi connectivity index (χ1) is 12.5. The molecule has 0 spiro atoms. The van der Waals surface area contributed by atoms with Gasteiger partial charge in [-0.2, -0.15) is 5.10 Å². The highest BCUT2D eigenvalue weighted by atomic mass is 35.5. The molecule has 3 aromatic rings. The van der Waals surface area contributed by atoms with Crippen LogP contribution in [0.15, 0.2) is 63.5 Å². The van der Waals surface area contributed by atoms with Crippen LogP contribution in [0.2, 0.25) is 5.02 Å². The predicted octanol–water partition coefficient (Wildman–Crippen LogP) is 4.97. The quantitative estimate of drug-likeness (QED) is 0.232. The number of nitrogens with zero attached hydrogens (tertiary/aromatic N) is 5. The van der Waals surface area contributed by atoms with Gasteiger partial charge in [0.1, 0.15) is 0 Å². The number of pyridine rings is 1. The summed E-state index contributed by atoms with van der Waals surface area (Å²) in [6.45, 7) is 1.68. The van der Waals surface area contributed by atoms with Crippen molar-refractivity contribution >= 4 is 39.6 Å². The smallest absolute Gasteiger partial charge is 0.260 e.